The second-order valence-corrected chi connectivity index (χ2v) is 9.62. The topological polar surface area (TPSA) is 128 Å². The molecule has 39 heavy (non-hydrogen) atoms. The van der Waals surface area contributed by atoms with Crippen molar-refractivity contribution in [3.63, 3.8) is 0 Å². The van der Waals surface area contributed by atoms with Crippen molar-refractivity contribution >= 4 is 28.7 Å². The molecule has 4 aromatic rings. The van der Waals surface area contributed by atoms with Crippen LogP contribution in [0.5, 0.6) is 5.75 Å². The van der Waals surface area contributed by atoms with Gasteiger partial charge in [-0.05, 0) is 49.6 Å². The minimum Gasteiger partial charge on any atom is -0.496 e. The van der Waals surface area contributed by atoms with Crippen LogP contribution in [0.2, 0.25) is 0 Å². The van der Waals surface area contributed by atoms with Crippen molar-refractivity contribution in [1.82, 2.24) is 30.0 Å². The van der Waals surface area contributed by atoms with Gasteiger partial charge in [0.15, 0.2) is 5.65 Å². The number of carbonyl (C=O) groups excluding carboxylic acids is 2. The van der Waals surface area contributed by atoms with Crippen molar-refractivity contribution in [2.75, 3.05) is 25.9 Å². The zero-order valence-corrected chi connectivity index (χ0v) is 22.1. The standard InChI is InChI=1S/C29H31N7O3/c1-4-24(37)35-12-6-9-21(16-35)36-28-25(27(30)32-17-33-28)26(34-36)20-8-5-7-19(14-20)15-31-29(38)22-13-18(2)10-11-23(22)39-3/h4-5,7-8,10-11,13-14,17,21H,1,6,9,12,15-16H2,2-3H3,(H,31,38)(H2,30,32,33). The smallest absolute Gasteiger partial charge is 0.255 e. The first kappa shape index (κ1) is 25.9. The van der Waals surface area contributed by atoms with Crippen LogP contribution in [-0.4, -0.2) is 56.7 Å². The lowest BCUT2D eigenvalue weighted by Crippen LogP contribution is -2.40. The molecule has 10 nitrogen and oxygen atoms in total. The van der Waals surface area contributed by atoms with Gasteiger partial charge in [-0.15, -0.1) is 0 Å². The third-order valence-electron chi connectivity index (χ3n) is 7.00. The fraction of sp³-hybridized carbons (Fsp3) is 0.276. The van der Waals surface area contributed by atoms with Gasteiger partial charge in [0, 0.05) is 25.2 Å². The molecule has 0 radical (unpaired) electrons. The summed E-state index contributed by atoms with van der Waals surface area (Å²) >= 11 is 0. The molecule has 10 heteroatoms. The number of nitrogens with one attached hydrogen (secondary N) is 1. The van der Waals surface area contributed by atoms with Crippen LogP contribution in [0.15, 0.2) is 61.4 Å². The number of nitrogen functional groups attached to an aromatic ring is 1. The van der Waals surface area contributed by atoms with Gasteiger partial charge in [-0.3, -0.25) is 9.59 Å². The Morgan fingerprint density at radius 3 is 2.87 bits per heavy atom. The van der Waals surface area contributed by atoms with E-state index in [1.807, 2.05) is 41.9 Å². The van der Waals surface area contributed by atoms with Crippen LogP contribution in [-0.2, 0) is 11.3 Å². The van der Waals surface area contributed by atoms with Crippen molar-refractivity contribution in [3.05, 3.63) is 78.1 Å². The fourth-order valence-electron chi connectivity index (χ4n) is 5.04. The quantitative estimate of drug-likeness (QED) is 0.352. The number of aryl methyl sites for hydroxylation is 1. The van der Waals surface area contributed by atoms with Crippen LogP contribution in [0.25, 0.3) is 22.3 Å². The summed E-state index contributed by atoms with van der Waals surface area (Å²) in [4.78, 5) is 35.7. The predicted octanol–water partition coefficient (Wildman–Crippen LogP) is 3.67. The largest absolute Gasteiger partial charge is 0.496 e. The Morgan fingerprint density at radius 2 is 2.08 bits per heavy atom. The summed E-state index contributed by atoms with van der Waals surface area (Å²) in [5.41, 5.74) is 10.8. The Kier molecular flexibility index (Phi) is 7.27. The predicted molar refractivity (Wildman–Crippen MR) is 149 cm³/mol. The highest BCUT2D eigenvalue weighted by molar-refractivity contribution is 5.99. The number of carbonyl (C=O) groups is 2. The van der Waals surface area contributed by atoms with Gasteiger partial charge in [-0.1, -0.05) is 36.4 Å². The summed E-state index contributed by atoms with van der Waals surface area (Å²) in [6.07, 6.45) is 4.48. The van der Waals surface area contributed by atoms with E-state index < -0.39 is 0 Å². The highest BCUT2D eigenvalue weighted by Crippen LogP contribution is 2.34. The van der Waals surface area contributed by atoms with Gasteiger partial charge >= 0.3 is 0 Å². The van der Waals surface area contributed by atoms with Gasteiger partial charge in [0.2, 0.25) is 5.91 Å². The first-order valence-corrected chi connectivity index (χ1v) is 12.8. The molecule has 1 aliphatic heterocycles. The van der Waals surface area contributed by atoms with Gasteiger partial charge in [0.1, 0.15) is 23.6 Å². The lowest BCUT2D eigenvalue weighted by atomic mass is 10.1. The molecule has 0 bridgehead atoms. The molecule has 3 N–H and O–H groups in total. The second kappa shape index (κ2) is 10.9. The Morgan fingerprint density at radius 1 is 1.23 bits per heavy atom. The van der Waals surface area contributed by atoms with E-state index in [9.17, 15) is 9.59 Å². The van der Waals surface area contributed by atoms with E-state index in [1.165, 1.54) is 12.4 Å². The highest BCUT2D eigenvalue weighted by Gasteiger charge is 2.28. The van der Waals surface area contributed by atoms with Crippen molar-refractivity contribution in [1.29, 1.82) is 0 Å². The molecular formula is C29H31N7O3. The molecule has 2 aromatic heterocycles. The van der Waals surface area contributed by atoms with Crippen LogP contribution < -0.4 is 15.8 Å². The lowest BCUT2D eigenvalue weighted by Gasteiger charge is -2.32. The molecule has 1 atom stereocenters. The van der Waals surface area contributed by atoms with Crippen molar-refractivity contribution in [2.24, 2.45) is 0 Å². The minimum atomic E-state index is -0.218. The van der Waals surface area contributed by atoms with Crippen molar-refractivity contribution < 1.29 is 14.3 Å². The van der Waals surface area contributed by atoms with Crippen LogP contribution in [0.3, 0.4) is 0 Å². The first-order chi connectivity index (χ1) is 18.9. The zero-order valence-electron chi connectivity index (χ0n) is 22.1. The molecule has 1 fully saturated rings. The van der Waals surface area contributed by atoms with E-state index in [-0.39, 0.29) is 17.9 Å². The Balaban J connectivity index is 1.44. The summed E-state index contributed by atoms with van der Waals surface area (Å²) < 4.78 is 7.22. The molecule has 0 saturated carbocycles. The monoisotopic (exact) mass is 525 g/mol. The SMILES string of the molecule is C=CC(=O)N1CCCC(n2nc(-c3cccc(CNC(=O)c4cc(C)ccc4OC)c3)c3c(N)ncnc32)C1. The Bertz CT molecular complexity index is 1560. The minimum absolute atomic E-state index is 0.0556. The summed E-state index contributed by atoms with van der Waals surface area (Å²) in [6.45, 7) is 7.07. The Hall–Kier alpha value is -4.73. The van der Waals surface area contributed by atoms with E-state index in [1.54, 1.807) is 24.1 Å². The molecule has 200 valence electrons. The molecule has 0 aliphatic carbocycles. The number of piperidine rings is 1. The number of nitrogens with zero attached hydrogens (tertiary/aromatic N) is 5. The summed E-state index contributed by atoms with van der Waals surface area (Å²) in [5, 5.41) is 8.59. The molecular weight excluding hydrogens is 494 g/mol. The van der Waals surface area contributed by atoms with Crippen molar-refractivity contribution in [2.45, 2.75) is 32.4 Å². The van der Waals surface area contributed by atoms with E-state index in [0.29, 0.717) is 53.5 Å². The van der Waals surface area contributed by atoms with E-state index >= 15 is 0 Å². The molecule has 3 heterocycles. The van der Waals surface area contributed by atoms with E-state index in [2.05, 4.69) is 21.9 Å². The van der Waals surface area contributed by atoms with E-state index in [4.69, 9.17) is 15.6 Å². The maximum Gasteiger partial charge on any atom is 0.255 e. The van der Waals surface area contributed by atoms with Crippen LogP contribution in [0.4, 0.5) is 5.82 Å². The fourth-order valence-corrected chi connectivity index (χ4v) is 5.04. The lowest BCUT2D eigenvalue weighted by molar-refractivity contribution is -0.127. The number of likely N-dealkylation sites (tertiary alicyclic amines) is 1. The maximum atomic E-state index is 12.9. The molecule has 5 rings (SSSR count). The number of nitrogens with two attached hydrogens (primary N) is 1. The number of rotatable bonds is 7. The number of hydrogen-bond acceptors (Lipinski definition) is 7. The molecule has 0 spiro atoms. The van der Waals surface area contributed by atoms with E-state index in [0.717, 1.165) is 29.5 Å². The number of methoxy groups -OCH3 is 1. The number of hydrogen-bond donors (Lipinski definition) is 2. The van der Waals surface area contributed by atoms with Gasteiger partial charge < -0.3 is 20.7 Å². The summed E-state index contributed by atoms with van der Waals surface area (Å²) in [5.74, 6) is 0.546. The molecule has 1 aliphatic rings. The van der Waals surface area contributed by atoms with Crippen molar-refractivity contribution in [3.8, 4) is 17.0 Å². The number of amides is 2. The maximum absolute atomic E-state index is 12.9. The van der Waals surface area contributed by atoms with Gasteiger partial charge in [-0.2, -0.15) is 5.10 Å². The first-order valence-electron chi connectivity index (χ1n) is 12.8. The van der Waals surface area contributed by atoms with Gasteiger partial charge in [0.05, 0.1) is 24.1 Å². The van der Waals surface area contributed by atoms with Gasteiger partial charge in [-0.25, -0.2) is 14.6 Å². The third-order valence-corrected chi connectivity index (χ3v) is 7.00. The second-order valence-electron chi connectivity index (χ2n) is 9.62. The number of anilines is 1. The number of ether oxygens (including phenoxy) is 1. The molecule has 2 aromatic carbocycles. The highest BCUT2D eigenvalue weighted by atomic mass is 16.5. The molecule has 2 amide bonds. The molecule has 1 unspecified atom stereocenters. The van der Waals surface area contributed by atoms with Crippen LogP contribution in [0.1, 0.15) is 40.4 Å². The average Bonchev–Trinajstić information content (AvgIpc) is 3.37. The number of fused-ring (bicyclic) bond motifs is 1. The normalized spacial score (nSPS) is 15.2. The summed E-state index contributed by atoms with van der Waals surface area (Å²) in [6, 6.07) is 13.2. The Labute approximate surface area is 226 Å². The zero-order chi connectivity index (χ0) is 27.5. The summed E-state index contributed by atoms with van der Waals surface area (Å²) in [7, 11) is 1.55. The van der Waals surface area contributed by atoms with Crippen LogP contribution >= 0.6 is 0 Å². The molecule has 1 saturated heterocycles. The number of aromatic nitrogens is 4. The average molecular weight is 526 g/mol. The van der Waals surface area contributed by atoms with Gasteiger partial charge in [0.25, 0.3) is 5.91 Å². The van der Waals surface area contributed by atoms with Crippen LogP contribution in [0, 0.1) is 6.92 Å². The third kappa shape index (κ3) is 5.18. The number of benzene rings is 2.